The lowest BCUT2D eigenvalue weighted by atomic mass is 10.0. The minimum atomic E-state index is -1.35. The van der Waals surface area contributed by atoms with E-state index in [9.17, 15) is 29.4 Å². The maximum absolute atomic E-state index is 12.7. The zero-order valence-corrected chi connectivity index (χ0v) is 19.1. The lowest BCUT2D eigenvalue weighted by molar-refractivity contribution is -0.143. The highest BCUT2D eigenvalue weighted by molar-refractivity contribution is 7.98. The Morgan fingerprint density at radius 2 is 1.40 bits per heavy atom. The van der Waals surface area contributed by atoms with Crippen molar-refractivity contribution in [2.45, 2.75) is 64.7 Å². The molecule has 10 nitrogen and oxygen atoms in total. The molecule has 0 rings (SSSR count). The first kappa shape index (κ1) is 28.1. The summed E-state index contributed by atoms with van der Waals surface area (Å²) < 4.78 is 0. The zero-order chi connectivity index (χ0) is 23.4. The highest BCUT2D eigenvalue weighted by atomic mass is 32.2. The normalized spacial score (nSPS) is 15.2. The molecule has 4 unspecified atom stereocenters. The second-order valence-electron chi connectivity index (χ2n) is 7.89. The molecular formula is C19H36N4O6S. The molecule has 4 atom stereocenters. The van der Waals surface area contributed by atoms with Gasteiger partial charge in [-0.25, -0.2) is 4.79 Å². The molecule has 0 heterocycles. The number of thioether (sulfide) groups is 1. The van der Waals surface area contributed by atoms with Gasteiger partial charge in [0, 0.05) is 0 Å². The van der Waals surface area contributed by atoms with Gasteiger partial charge in [0.2, 0.25) is 17.7 Å². The fourth-order valence-corrected chi connectivity index (χ4v) is 2.98. The summed E-state index contributed by atoms with van der Waals surface area (Å²) in [6.07, 6.45) is 2.35. The molecule has 0 aromatic carbocycles. The number of aliphatic hydroxyl groups excluding tert-OH is 1. The lowest BCUT2D eigenvalue weighted by Crippen LogP contribution is -2.58. The second-order valence-corrected chi connectivity index (χ2v) is 8.87. The number of hydrogen-bond acceptors (Lipinski definition) is 7. The van der Waals surface area contributed by atoms with E-state index in [0.29, 0.717) is 12.2 Å². The van der Waals surface area contributed by atoms with Crippen molar-refractivity contribution in [2.24, 2.45) is 17.6 Å². The highest BCUT2D eigenvalue weighted by Gasteiger charge is 2.30. The van der Waals surface area contributed by atoms with Gasteiger partial charge in [0.15, 0.2) is 0 Å². The van der Waals surface area contributed by atoms with Crippen molar-refractivity contribution in [1.29, 1.82) is 0 Å². The van der Waals surface area contributed by atoms with E-state index in [0.717, 1.165) is 0 Å². The van der Waals surface area contributed by atoms with Crippen LogP contribution in [0, 0.1) is 11.8 Å². The van der Waals surface area contributed by atoms with Crippen LogP contribution >= 0.6 is 11.8 Å². The molecule has 7 N–H and O–H groups in total. The fraction of sp³-hybridized carbons (Fsp3) is 0.789. The van der Waals surface area contributed by atoms with Gasteiger partial charge in [0.25, 0.3) is 0 Å². The van der Waals surface area contributed by atoms with Gasteiger partial charge in [-0.2, -0.15) is 11.8 Å². The molecule has 0 saturated heterocycles. The van der Waals surface area contributed by atoms with Crippen LogP contribution in [0.25, 0.3) is 0 Å². The molecule has 0 spiro atoms. The van der Waals surface area contributed by atoms with E-state index in [-0.39, 0.29) is 18.3 Å². The molecule has 30 heavy (non-hydrogen) atoms. The van der Waals surface area contributed by atoms with Crippen LogP contribution in [0.4, 0.5) is 0 Å². The number of carbonyl (C=O) groups is 4. The van der Waals surface area contributed by atoms with E-state index >= 15 is 0 Å². The molecule has 174 valence electrons. The number of hydrogen-bond donors (Lipinski definition) is 6. The van der Waals surface area contributed by atoms with Gasteiger partial charge in [-0.05, 0) is 36.7 Å². The average molecular weight is 449 g/mol. The molecule has 0 aliphatic rings. The van der Waals surface area contributed by atoms with Gasteiger partial charge in [-0.1, -0.05) is 27.7 Å². The molecular weight excluding hydrogens is 412 g/mol. The van der Waals surface area contributed by atoms with Crippen molar-refractivity contribution in [2.75, 3.05) is 18.6 Å². The van der Waals surface area contributed by atoms with E-state index in [1.54, 1.807) is 13.8 Å². The Labute approximate surface area is 182 Å². The molecule has 0 aromatic heterocycles. The number of aliphatic hydroxyl groups is 1. The summed E-state index contributed by atoms with van der Waals surface area (Å²) in [6, 6.07) is -4.22. The summed E-state index contributed by atoms with van der Waals surface area (Å²) in [7, 11) is 0. The second kappa shape index (κ2) is 14.2. The van der Waals surface area contributed by atoms with Gasteiger partial charge in [-0.3, -0.25) is 14.4 Å². The van der Waals surface area contributed by atoms with Crippen molar-refractivity contribution in [1.82, 2.24) is 16.0 Å². The summed E-state index contributed by atoms with van der Waals surface area (Å²) in [6.45, 7) is 6.47. The first-order valence-corrected chi connectivity index (χ1v) is 11.3. The summed E-state index contributed by atoms with van der Waals surface area (Å²) >= 11 is 1.48. The van der Waals surface area contributed by atoms with Crippen LogP contribution in [-0.2, 0) is 19.2 Å². The predicted octanol–water partition coefficient (Wildman–Crippen LogP) is -0.700. The Bertz CT molecular complexity index is 587. The largest absolute Gasteiger partial charge is 0.480 e. The number of nitrogens with one attached hydrogen (secondary N) is 3. The quantitative estimate of drug-likeness (QED) is 0.202. The summed E-state index contributed by atoms with van der Waals surface area (Å²) in [5, 5.41) is 26.1. The van der Waals surface area contributed by atoms with Gasteiger partial charge in [-0.15, -0.1) is 0 Å². The van der Waals surface area contributed by atoms with Crippen LogP contribution < -0.4 is 21.7 Å². The standard InChI is InChI=1S/C19H36N4O6S/c1-10(2)8-13(19(28)29)22-17(26)14(9-24)23-16(25)12(6-7-30-5)21-18(27)15(20)11(3)4/h10-15,24H,6-9,20H2,1-5H3,(H,21,27)(H,22,26)(H,23,25)(H,28,29). The average Bonchev–Trinajstić information content (AvgIpc) is 2.66. The molecule has 3 amide bonds. The highest BCUT2D eigenvalue weighted by Crippen LogP contribution is 2.07. The topological polar surface area (TPSA) is 171 Å². The third-order valence-corrected chi connectivity index (χ3v) is 5.05. The minimum absolute atomic E-state index is 0.0184. The monoisotopic (exact) mass is 448 g/mol. The molecule has 0 saturated carbocycles. The van der Waals surface area contributed by atoms with Crippen LogP contribution in [0.3, 0.4) is 0 Å². The number of carbonyl (C=O) groups excluding carboxylic acids is 3. The lowest BCUT2D eigenvalue weighted by Gasteiger charge is -2.25. The Morgan fingerprint density at radius 3 is 1.83 bits per heavy atom. The Balaban J connectivity index is 5.19. The number of carboxylic acid groups (broad SMARTS) is 1. The van der Waals surface area contributed by atoms with Gasteiger partial charge >= 0.3 is 5.97 Å². The molecule has 0 radical (unpaired) electrons. The van der Waals surface area contributed by atoms with E-state index in [1.165, 1.54) is 11.8 Å². The van der Waals surface area contributed by atoms with Crippen molar-refractivity contribution in [3.63, 3.8) is 0 Å². The van der Waals surface area contributed by atoms with Crippen LogP contribution in [0.15, 0.2) is 0 Å². The van der Waals surface area contributed by atoms with E-state index in [4.69, 9.17) is 5.73 Å². The molecule has 0 aliphatic heterocycles. The third kappa shape index (κ3) is 10.3. The fourth-order valence-electron chi connectivity index (χ4n) is 2.51. The van der Waals surface area contributed by atoms with Gasteiger partial charge in [0.05, 0.1) is 12.6 Å². The maximum Gasteiger partial charge on any atom is 0.326 e. The number of amides is 3. The van der Waals surface area contributed by atoms with Crippen LogP contribution in [0.1, 0.15) is 40.5 Å². The van der Waals surface area contributed by atoms with Crippen molar-refractivity contribution < 1.29 is 29.4 Å². The summed E-state index contributed by atoms with van der Waals surface area (Å²) in [4.78, 5) is 48.7. The van der Waals surface area contributed by atoms with E-state index < -0.39 is 54.5 Å². The Kier molecular flexibility index (Phi) is 13.3. The predicted molar refractivity (Wildman–Crippen MR) is 116 cm³/mol. The maximum atomic E-state index is 12.7. The number of nitrogens with two attached hydrogens (primary N) is 1. The summed E-state index contributed by atoms with van der Waals surface area (Å²) in [5.41, 5.74) is 5.83. The SMILES string of the molecule is CSCCC(NC(=O)C(N)C(C)C)C(=O)NC(CO)C(=O)NC(CC(C)C)C(=O)O. The van der Waals surface area contributed by atoms with Crippen LogP contribution in [0.5, 0.6) is 0 Å². The van der Waals surface area contributed by atoms with Crippen molar-refractivity contribution in [3.05, 3.63) is 0 Å². The van der Waals surface area contributed by atoms with Crippen molar-refractivity contribution >= 4 is 35.5 Å². The first-order valence-electron chi connectivity index (χ1n) is 9.93. The van der Waals surface area contributed by atoms with Crippen LogP contribution in [0.2, 0.25) is 0 Å². The van der Waals surface area contributed by atoms with Gasteiger partial charge in [0.1, 0.15) is 18.1 Å². The molecule has 0 fully saturated rings. The van der Waals surface area contributed by atoms with Crippen molar-refractivity contribution in [3.8, 4) is 0 Å². The molecule has 0 aliphatic carbocycles. The number of rotatable bonds is 14. The summed E-state index contributed by atoms with van der Waals surface area (Å²) in [5.74, 6) is -2.69. The smallest absolute Gasteiger partial charge is 0.326 e. The Morgan fingerprint density at radius 1 is 0.900 bits per heavy atom. The first-order chi connectivity index (χ1) is 13.9. The Hall–Kier alpha value is -1.85. The van der Waals surface area contributed by atoms with E-state index in [2.05, 4.69) is 16.0 Å². The molecule has 0 bridgehead atoms. The van der Waals surface area contributed by atoms with E-state index in [1.807, 2.05) is 20.1 Å². The number of carboxylic acids is 1. The number of aliphatic carboxylic acids is 1. The molecule has 11 heteroatoms. The van der Waals surface area contributed by atoms with Gasteiger partial charge < -0.3 is 31.9 Å². The molecule has 0 aromatic rings. The minimum Gasteiger partial charge on any atom is -0.480 e. The third-order valence-electron chi connectivity index (χ3n) is 4.40. The van der Waals surface area contributed by atoms with Crippen LogP contribution in [-0.4, -0.2) is 76.7 Å². The zero-order valence-electron chi connectivity index (χ0n) is 18.3.